The quantitative estimate of drug-likeness (QED) is 0.721. The molecule has 44 valence electrons. The Morgan fingerprint density at radius 1 is 1.88 bits per heavy atom. The molecule has 0 bridgehead atoms. The van der Waals surface area contributed by atoms with Gasteiger partial charge in [0.25, 0.3) is 0 Å². The topological polar surface area (TPSA) is 32.6 Å². The summed E-state index contributed by atoms with van der Waals surface area (Å²) in [4.78, 5) is 3.71. The third-order valence-corrected chi connectivity index (χ3v) is 1.32. The molecule has 0 saturated heterocycles. The first-order valence-corrected chi connectivity index (χ1v) is 3.55. The van der Waals surface area contributed by atoms with Crippen LogP contribution in [0, 0.1) is 0 Å². The molecule has 0 saturated carbocycles. The molecule has 0 rings (SSSR count). The molecule has 0 heterocycles. The van der Waals surface area contributed by atoms with Gasteiger partial charge in [0.05, 0.1) is 0 Å². The molecule has 0 aliphatic rings. The summed E-state index contributed by atoms with van der Waals surface area (Å²) in [6.45, 7) is 3.49. The normalized spacial score (nSPS) is 9.62. The van der Waals surface area contributed by atoms with Crippen LogP contribution in [0.5, 0.6) is 0 Å². The summed E-state index contributed by atoms with van der Waals surface area (Å²) in [6, 6.07) is 0. The number of aliphatic imine (C=N–C) groups is 1. The maximum atomic E-state index is 8.42. The maximum absolute atomic E-state index is 8.42. The first-order valence-electron chi connectivity index (χ1n) is 2.09. The molecule has 0 atom stereocenters. The van der Waals surface area contributed by atoms with Gasteiger partial charge in [-0.15, -0.1) is 0 Å². The van der Waals surface area contributed by atoms with Gasteiger partial charge >= 0.3 is 59.0 Å². The summed E-state index contributed by atoms with van der Waals surface area (Å²) < 4.78 is 0.921. The molecule has 2 nitrogen and oxygen atoms in total. The van der Waals surface area contributed by atoms with Crippen LogP contribution in [-0.4, -0.2) is 21.8 Å². The van der Waals surface area contributed by atoms with E-state index >= 15 is 0 Å². The molecule has 0 unspecified atom stereocenters. The van der Waals surface area contributed by atoms with Crippen LogP contribution in [0.15, 0.2) is 17.8 Å². The Labute approximate surface area is 59.4 Å². The molecule has 0 aromatic carbocycles. The zero-order chi connectivity index (χ0) is 6.41. The van der Waals surface area contributed by atoms with Crippen molar-refractivity contribution < 1.29 is 24.5 Å². The summed E-state index contributed by atoms with van der Waals surface area (Å²) in [7, 11) is 0. The Morgan fingerprint density at radius 2 is 2.50 bits per heavy atom. The molecular formula is C5H7NOW. The van der Waals surface area contributed by atoms with E-state index in [1.165, 1.54) is 25.6 Å². The van der Waals surface area contributed by atoms with Gasteiger partial charge in [0.1, 0.15) is 0 Å². The fourth-order valence-electron chi connectivity index (χ4n) is 0.177. The van der Waals surface area contributed by atoms with Gasteiger partial charge < -0.3 is 0 Å². The number of aliphatic hydroxyl groups excluding tert-OH is 1. The summed E-state index contributed by atoms with van der Waals surface area (Å²) in [6.07, 6.45) is 3.06. The third kappa shape index (κ3) is 4.10. The molecule has 0 spiro atoms. The average Bonchev–Trinajstić information content (AvgIpc) is 1.83. The molecule has 0 radical (unpaired) electrons. The van der Waals surface area contributed by atoms with Gasteiger partial charge in [-0.3, -0.25) is 0 Å². The van der Waals surface area contributed by atoms with E-state index in [2.05, 4.69) is 11.6 Å². The van der Waals surface area contributed by atoms with Gasteiger partial charge in [-0.2, -0.15) is 0 Å². The second-order valence-electron chi connectivity index (χ2n) is 1.09. The van der Waals surface area contributed by atoms with E-state index in [0.717, 1.165) is 3.90 Å². The standard InChI is InChI=1S/C5H7NO.W/c1-2-6-4-3-5-7;/h2,4,7H,1,5H2;. The predicted octanol–water partition coefficient (Wildman–Crippen LogP) is -0.0878. The van der Waals surface area contributed by atoms with Crippen molar-refractivity contribution in [1.82, 2.24) is 0 Å². The van der Waals surface area contributed by atoms with Gasteiger partial charge in [0.15, 0.2) is 0 Å². The van der Waals surface area contributed by atoms with Gasteiger partial charge in [0, 0.05) is 0 Å². The Kier molecular flexibility index (Phi) is 5.03. The van der Waals surface area contributed by atoms with Crippen molar-refractivity contribution in [3.63, 3.8) is 0 Å². The molecular weight excluding hydrogens is 274 g/mol. The monoisotopic (exact) mass is 281 g/mol. The van der Waals surface area contributed by atoms with Crippen molar-refractivity contribution in [2.45, 2.75) is 0 Å². The van der Waals surface area contributed by atoms with Crippen molar-refractivity contribution in [3.8, 4) is 0 Å². The van der Waals surface area contributed by atoms with E-state index in [1.807, 2.05) is 0 Å². The second-order valence-corrected chi connectivity index (χ2v) is 2.97. The number of aliphatic hydroxyl groups is 1. The average molecular weight is 281 g/mol. The summed E-state index contributed by atoms with van der Waals surface area (Å²) in [5.74, 6) is 0. The molecule has 0 aliphatic heterocycles. The Bertz CT molecular complexity index is 120. The Hall–Kier alpha value is -0.0717. The van der Waals surface area contributed by atoms with Crippen molar-refractivity contribution in [2.75, 3.05) is 6.61 Å². The summed E-state index contributed by atoms with van der Waals surface area (Å²) in [5, 5.41) is 8.42. The summed E-state index contributed by atoms with van der Waals surface area (Å²) >= 11 is 1.24. The number of hydrogen-bond donors (Lipinski definition) is 1. The molecule has 0 aromatic heterocycles. The minimum absolute atomic E-state index is 0.104. The van der Waals surface area contributed by atoms with Crippen molar-refractivity contribution in [1.29, 1.82) is 0 Å². The van der Waals surface area contributed by atoms with Crippen LogP contribution in [-0.2, 0) is 19.4 Å². The molecule has 0 amide bonds. The summed E-state index contributed by atoms with van der Waals surface area (Å²) in [5.41, 5.74) is 0. The third-order valence-electron chi connectivity index (χ3n) is 0.480. The first-order chi connectivity index (χ1) is 3.81. The molecule has 0 aliphatic carbocycles. The van der Waals surface area contributed by atoms with Gasteiger partial charge in [-0.1, -0.05) is 0 Å². The van der Waals surface area contributed by atoms with E-state index in [-0.39, 0.29) is 6.61 Å². The van der Waals surface area contributed by atoms with Crippen molar-refractivity contribution in [2.24, 2.45) is 4.99 Å². The number of rotatable bonds is 3. The van der Waals surface area contributed by atoms with Crippen LogP contribution >= 0.6 is 0 Å². The molecule has 3 heteroatoms. The van der Waals surface area contributed by atoms with Gasteiger partial charge in [0.2, 0.25) is 0 Å². The van der Waals surface area contributed by atoms with Crippen LogP contribution in [0.25, 0.3) is 0 Å². The zero-order valence-electron chi connectivity index (χ0n) is 4.37. The van der Waals surface area contributed by atoms with Crippen LogP contribution < -0.4 is 0 Å². The predicted molar refractivity (Wildman–Crippen MR) is 30.8 cm³/mol. The van der Waals surface area contributed by atoms with Crippen molar-refractivity contribution in [3.05, 3.63) is 12.8 Å². The van der Waals surface area contributed by atoms with Gasteiger partial charge in [-0.05, 0) is 0 Å². The van der Waals surface area contributed by atoms with E-state index in [0.29, 0.717) is 0 Å². The minimum atomic E-state index is 0.104. The fraction of sp³-hybridized carbons (Fsp3) is 0.200. The van der Waals surface area contributed by atoms with Crippen molar-refractivity contribution >= 4 is 10.1 Å². The van der Waals surface area contributed by atoms with Crippen LogP contribution in [0.2, 0.25) is 0 Å². The van der Waals surface area contributed by atoms with Crippen LogP contribution in [0.3, 0.4) is 0 Å². The van der Waals surface area contributed by atoms with E-state index in [9.17, 15) is 0 Å². The SMILES string of the molecule is C=CN=C[C](=[W])CO. The molecule has 0 fully saturated rings. The van der Waals surface area contributed by atoms with Crippen LogP contribution in [0.1, 0.15) is 0 Å². The number of hydrogen-bond acceptors (Lipinski definition) is 2. The van der Waals surface area contributed by atoms with Gasteiger partial charge in [-0.25, -0.2) is 0 Å². The second kappa shape index (κ2) is 5.07. The molecule has 1 N–H and O–H groups in total. The van der Waals surface area contributed by atoms with E-state index in [4.69, 9.17) is 5.11 Å². The van der Waals surface area contributed by atoms with E-state index in [1.54, 1.807) is 6.21 Å². The molecule has 8 heavy (non-hydrogen) atoms. The number of nitrogens with zero attached hydrogens (tertiary/aromatic N) is 1. The zero-order valence-corrected chi connectivity index (χ0v) is 7.30. The fourth-order valence-corrected chi connectivity index (χ4v) is 0.395. The molecule has 0 aromatic rings. The van der Waals surface area contributed by atoms with Crippen LogP contribution in [0.4, 0.5) is 0 Å². The first kappa shape index (κ1) is 7.93. The Balaban J connectivity index is 3.52. The van der Waals surface area contributed by atoms with E-state index < -0.39 is 0 Å². The Morgan fingerprint density at radius 3 is 2.88 bits per heavy atom.